The molecule has 1 unspecified atom stereocenters. The Balaban J connectivity index is 2.18. The van der Waals surface area contributed by atoms with Crippen LogP contribution in [0.3, 0.4) is 0 Å². The summed E-state index contributed by atoms with van der Waals surface area (Å²) in [7, 11) is 0. The predicted molar refractivity (Wildman–Crippen MR) is 76.9 cm³/mol. The number of nitrogens with zero attached hydrogens (tertiary/aromatic N) is 1. The van der Waals surface area contributed by atoms with E-state index in [0.29, 0.717) is 11.4 Å². The van der Waals surface area contributed by atoms with Crippen LogP contribution < -0.4 is 11.1 Å². The van der Waals surface area contributed by atoms with Crippen molar-refractivity contribution in [3.05, 3.63) is 51.5 Å². The lowest BCUT2D eigenvalue weighted by molar-refractivity contribution is 0.0930. The summed E-state index contributed by atoms with van der Waals surface area (Å²) in [5.74, 6) is -1.52. The van der Waals surface area contributed by atoms with Crippen molar-refractivity contribution < 1.29 is 13.6 Å². The first-order chi connectivity index (χ1) is 10.0. The van der Waals surface area contributed by atoms with Crippen molar-refractivity contribution in [3.63, 3.8) is 0 Å². The molecule has 0 aliphatic carbocycles. The standard InChI is InChI=1S/C14H15F2N3OS/c1-2-11(9-5-8(15)3-4-10(9)16)19-14(20)12-7-21-13(6-17)18-12/h3-5,7,11H,2,6,17H2,1H3,(H,19,20). The quantitative estimate of drug-likeness (QED) is 0.892. The number of nitrogens with two attached hydrogens (primary N) is 1. The van der Waals surface area contributed by atoms with Crippen LogP contribution in [0.5, 0.6) is 0 Å². The molecule has 2 aromatic rings. The average molecular weight is 311 g/mol. The number of nitrogens with one attached hydrogen (secondary N) is 1. The molecule has 112 valence electrons. The van der Waals surface area contributed by atoms with E-state index < -0.39 is 23.6 Å². The van der Waals surface area contributed by atoms with E-state index in [4.69, 9.17) is 5.73 Å². The first-order valence-corrected chi connectivity index (χ1v) is 7.33. The van der Waals surface area contributed by atoms with Gasteiger partial charge in [-0.25, -0.2) is 13.8 Å². The molecule has 1 atom stereocenters. The van der Waals surface area contributed by atoms with Crippen LogP contribution in [-0.4, -0.2) is 10.9 Å². The van der Waals surface area contributed by atoms with Crippen LogP contribution in [0.2, 0.25) is 0 Å². The molecule has 0 radical (unpaired) electrons. The first-order valence-electron chi connectivity index (χ1n) is 6.45. The Kier molecular flexibility index (Phi) is 4.98. The lowest BCUT2D eigenvalue weighted by Gasteiger charge is -2.17. The van der Waals surface area contributed by atoms with Gasteiger partial charge in [-0.1, -0.05) is 6.92 Å². The highest BCUT2D eigenvalue weighted by atomic mass is 32.1. The molecule has 1 aromatic heterocycles. The number of halogens is 2. The normalized spacial score (nSPS) is 12.2. The molecular weight excluding hydrogens is 296 g/mol. The molecule has 1 heterocycles. The lowest BCUT2D eigenvalue weighted by Crippen LogP contribution is -2.29. The molecule has 21 heavy (non-hydrogen) atoms. The number of carbonyl (C=O) groups is 1. The molecule has 4 nitrogen and oxygen atoms in total. The summed E-state index contributed by atoms with van der Waals surface area (Å²) in [4.78, 5) is 16.2. The Labute approximate surface area is 125 Å². The van der Waals surface area contributed by atoms with E-state index in [1.54, 1.807) is 12.3 Å². The van der Waals surface area contributed by atoms with Crippen LogP contribution in [0.15, 0.2) is 23.6 Å². The largest absolute Gasteiger partial charge is 0.344 e. The maximum Gasteiger partial charge on any atom is 0.271 e. The van der Waals surface area contributed by atoms with Gasteiger partial charge in [-0.2, -0.15) is 0 Å². The number of benzene rings is 1. The number of amides is 1. The van der Waals surface area contributed by atoms with E-state index in [9.17, 15) is 13.6 Å². The summed E-state index contributed by atoms with van der Waals surface area (Å²) >= 11 is 1.28. The fourth-order valence-electron chi connectivity index (χ4n) is 1.92. The molecular formula is C14H15F2N3OS. The highest BCUT2D eigenvalue weighted by molar-refractivity contribution is 7.09. The van der Waals surface area contributed by atoms with Gasteiger partial charge in [0.15, 0.2) is 0 Å². The van der Waals surface area contributed by atoms with Gasteiger partial charge in [-0.05, 0) is 24.6 Å². The van der Waals surface area contributed by atoms with E-state index in [1.165, 1.54) is 11.3 Å². The molecule has 3 N–H and O–H groups in total. The van der Waals surface area contributed by atoms with Crippen molar-refractivity contribution in [1.82, 2.24) is 10.3 Å². The molecule has 0 spiro atoms. The van der Waals surface area contributed by atoms with Gasteiger partial charge < -0.3 is 11.1 Å². The van der Waals surface area contributed by atoms with Gasteiger partial charge in [0, 0.05) is 17.5 Å². The van der Waals surface area contributed by atoms with Crippen LogP contribution in [0.4, 0.5) is 8.78 Å². The third-order valence-electron chi connectivity index (χ3n) is 3.01. The van der Waals surface area contributed by atoms with Crippen LogP contribution >= 0.6 is 11.3 Å². The van der Waals surface area contributed by atoms with Crippen LogP contribution in [-0.2, 0) is 6.54 Å². The number of rotatable bonds is 5. The highest BCUT2D eigenvalue weighted by Gasteiger charge is 2.19. The maximum atomic E-state index is 13.8. The van der Waals surface area contributed by atoms with E-state index in [2.05, 4.69) is 10.3 Å². The molecule has 1 amide bonds. The minimum Gasteiger partial charge on any atom is -0.344 e. The second kappa shape index (κ2) is 6.73. The third-order valence-corrected chi connectivity index (χ3v) is 3.88. The molecule has 0 bridgehead atoms. The first kappa shape index (κ1) is 15.5. The predicted octanol–water partition coefficient (Wildman–Crippen LogP) is 2.76. The fraction of sp³-hybridized carbons (Fsp3) is 0.286. The van der Waals surface area contributed by atoms with Gasteiger partial charge in [0.05, 0.1) is 6.04 Å². The van der Waals surface area contributed by atoms with E-state index >= 15 is 0 Å². The van der Waals surface area contributed by atoms with Crippen LogP contribution in [0.1, 0.15) is 40.4 Å². The van der Waals surface area contributed by atoms with E-state index in [0.717, 1.165) is 18.2 Å². The SMILES string of the molecule is CCC(NC(=O)c1csc(CN)n1)c1cc(F)ccc1F. The molecule has 1 aromatic carbocycles. The van der Waals surface area contributed by atoms with Crippen LogP contribution in [0, 0.1) is 11.6 Å². The Morgan fingerprint density at radius 3 is 2.86 bits per heavy atom. The number of hydrogen-bond donors (Lipinski definition) is 2. The second-order valence-electron chi connectivity index (χ2n) is 4.43. The summed E-state index contributed by atoms with van der Waals surface area (Å²) in [5, 5.41) is 4.90. The zero-order chi connectivity index (χ0) is 15.4. The molecule has 7 heteroatoms. The number of hydrogen-bond acceptors (Lipinski definition) is 4. The fourth-order valence-corrected chi connectivity index (χ4v) is 2.58. The Bertz CT molecular complexity index is 645. The minimum absolute atomic E-state index is 0.125. The third kappa shape index (κ3) is 3.62. The van der Waals surface area contributed by atoms with Crippen molar-refractivity contribution in [3.8, 4) is 0 Å². The van der Waals surface area contributed by atoms with Crippen molar-refractivity contribution in [2.24, 2.45) is 5.73 Å². The van der Waals surface area contributed by atoms with Gasteiger partial charge in [0.2, 0.25) is 0 Å². The lowest BCUT2D eigenvalue weighted by atomic mass is 10.0. The highest BCUT2D eigenvalue weighted by Crippen LogP contribution is 2.22. The molecule has 0 aliphatic heterocycles. The Hall–Kier alpha value is -1.86. The van der Waals surface area contributed by atoms with Crippen molar-refractivity contribution >= 4 is 17.2 Å². The van der Waals surface area contributed by atoms with E-state index in [-0.39, 0.29) is 17.8 Å². The summed E-state index contributed by atoms with van der Waals surface area (Å²) in [6, 6.07) is 2.57. The van der Waals surface area contributed by atoms with Gasteiger partial charge in [0.25, 0.3) is 5.91 Å². The van der Waals surface area contributed by atoms with Crippen LogP contribution in [0.25, 0.3) is 0 Å². The average Bonchev–Trinajstić information content (AvgIpc) is 2.96. The maximum absolute atomic E-state index is 13.8. The number of aromatic nitrogens is 1. The summed E-state index contributed by atoms with van der Waals surface area (Å²) in [5.41, 5.74) is 5.80. The van der Waals surface area contributed by atoms with Crippen molar-refractivity contribution in [2.45, 2.75) is 25.9 Å². The molecule has 0 saturated carbocycles. The smallest absolute Gasteiger partial charge is 0.271 e. The van der Waals surface area contributed by atoms with E-state index in [1.807, 2.05) is 0 Å². The minimum atomic E-state index is -0.615. The zero-order valence-corrected chi connectivity index (χ0v) is 12.2. The number of thiazole rings is 1. The van der Waals surface area contributed by atoms with Gasteiger partial charge in [0.1, 0.15) is 22.3 Å². The summed E-state index contributed by atoms with van der Waals surface area (Å²) in [6.45, 7) is 2.04. The van der Waals surface area contributed by atoms with Gasteiger partial charge >= 0.3 is 0 Å². The molecule has 0 aliphatic rings. The zero-order valence-electron chi connectivity index (χ0n) is 11.4. The van der Waals surface area contributed by atoms with Gasteiger partial charge in [-0.15, -0.1) is 11.3 Å². The van der Waals surface area contributed by atoms with Crippen molar-refractivity contribution in [1.29, 1.82) is 0 Å². The van der Waals surface area contributed by atoms with Gasteiger partial charge in [-0.3, -0.25) is 4.79 Å². The summed E-state index contributed by atoms with van der Waals surface area (Å²) < 4.78 is 27.0. The Morgan fingerprint density at radius 1 is 1.48 bits per heavy atom. The monoisotopic (exact) mass is 311 g/mol. The Morgan fingerprint density at radius 2 is 2.24 bits per heavy atom. The number of carbonyl (C=O) groups excluding carboxylic acids is 1. The second-order valence-corrected chi connectivity index (χ2v) is 5.37. The van der Waals surface area contributed by atoms with Crippen molar-refractivity contribution in [2.75, 3.05) is 0 Å². The summed E-state index contributed by atoms with van der Waals surface area (Å²) in [6.07, 6.45) is 0.431. The molecule has 2 rings (SSSR count). The molecule has 0 saturated heterocycles. The topological polar surface area (TPSA) is 68.0 Å². The molecule has 0 fully saturated rings.